The molecule has 0 unspecified atom stereocenters. The van der Waals surface area contributed by atoms with Crippen LogP contribution >= 0.6 is 0 Å². The smallest absolute Gasteiger partial charge is 0.126 e. The van der Waals surface area contributed by atoms with Crippen molar-refractivity contribution in [3.8, 4) is 12.3 Å². The van der Waals surface area contributed by atoms with E-state index in [9.17, 15) is 0 Å². The van der Waals surface area contributed by atoms with Gasteiger partial charge in [0.15, 0.2) is 0 Å². The van der Waals surface area contributed by atoms with Crippen molar-refractivity contribution in [2.75, 3.05) is 11.9 Å². The Labute approximate surface area is 66.7 Å². The molecule has 0 aliphatic heterocycles. The first kappa shape index (κ1) is 7.62. The van der Waals surface area contributed by atoms with E-state index in [1.165, 1.54) is 5.56 Å². The summed E-state index contributed by atoms with van der Waals surface area (Å²) < 4.78 is 0. The number of rotatable bonds is 2. The zero-order valence-electron chi connectivity index (χ0n) is 6.46. The summed E-state index contributed by atoms with van der Waals surface area (Å²) in [6.07, 6.45) is 6.83. The highest BCUT2D eigenvalue weighted by molar-refractivity contribution is 5.37. The lowest BCUT2D eigenvalue weighted by atomic mass is 10.3. The number of anilines is 1. The van der Waals surface area contributed by atoms with Gasteiger partial charge in [0.1, 0.15) is 5.82 Å². The van der Waals surface area contributed by atoms with E-state index in [0.717, 1.165) is 5.82 Å². The fourth-order valence-electron chi connectivity index (χ4n) is 0.774. The molecule has 11 heavy (non-hydrogen) atoms. The predicted octanol–water partition coefficient (Wildman–Crippen LogP) is 1.44. The standard InChI is InChI=1S/C9H10N2/c1-3-5-10-9-7-8(2)4-6-11-9/h1,4,6-7H,5H2,2H3,(H,10,11). The number of aryl methyl sites for hydroxylation is 1. The molecule has 2 heteroatoms. The summed E-state index contributed by atoms with van der Waals surface area (Å²) in [5.74, 6) is 3.32. The lowest BCUT2D eigenvalue weighted by Crippen LogP contribution is -2.00. The van der Waals surface area contributed by atoms with Crippen LogP contribution in [0.25, 0.3) is 0 Å². The second-order valence-electron chi connectivity index (χ2n) is 2.28. The van der Waals surface area contributed by atoms with Crippen LogP contribution in [0.15, 0.2) is 18.3 Å². The van der Waals surface area contributed by atoms with E-state index in [4.69, 9.17) is 6.42 Å². The van der Waals surface area contributed by atoms with Crippen LogP contribution < -0.4 is 5.32 Å². The maximum Gasteiger partial charge on any atom is 0.126 e. The molecule has 0 saturated heterocycles. The van der Waals surface area contributed by atoms with E-state index in [1.54, 1.807) is 6.20 Å². The van der Waals surface area contributed by atoms with Gasteiger partial charge in [-0.1, -0.05) is 5.92 Å². The first-order chi connectivity index (χ1) is 5.33. The van der Waals surface area contributed by atoms with Crippen molar-refractivity contribution in [1.82, 2.24) is 4.98 Å². The van der Waals surface area contributed by atoms with Crippen LogP contribution in [-0.4, -0.2) is 11.5 Å². The number of nitrogens with zero attached hydrogens (tertiary/aromatic N) is 1. The molecular weight excluding hydrogens is 136 g/mol. The molecule has 0 bridgehead atoms. The third-order valence-corrected chi connectivity index (χ3v) is 1.29. The molecule has 0 aliphatic carbocycles. The van der Waals surface area contributed by atoms with Crippen molar-refractivity contribution < 1.29 is 0 Å². The molecule has 0 aromatic carbocycles. The second-order valence-corrected chi connectivity index (χ2v) is 2.28. The summed E-state index contributed by atoms with van der Waals surface area (Å²) in [5, 5.41) is 2.99. The number of hydrogen-bond acceptors (Lipinski definition) is 2. The fraction of sp³-hybridized carbons (Fsp3) is 0.222. The van der Waals surface area contributed by atoms with Crippen LogP contribution in [-0.2, 0) is 0 Å². The molecule has 0 saturated carbocycles. The topological polar surface area (TPSA) is 24.9 Å². The Hall–Kier alpha value is -1.49. The Morgan fingerprint density at radius 2 is 2.55 bits per heavy atom. The molecule has 1 heterocycles. The normalized spacial score (nSPS) is 8.73. The van der Waals surface area contributed by atoms with Gasteiger partial charge in [-0.2, -0.15) is 0 Å². The van der Waals surface area contributed by atoms with Crippen LogP contribution in [0.5, 0.6) is 0 Å². The average Bonchev–Trinajstić information content (AvgIpc) is 2.01. The second kappa shape index (κ2) is 3.62. The molecule has 1 rings (SSSR count). The van der Waals surface area contributed by atoms with E-state index in [2.05, 4.69) is 16.2 Å². The van der Waals surface area contributed by atoms with Crippen molar-refractivity contribution in [3.63, 3.8) is 0 Å². The van der Waals surface area contributed by atoms with Gasteiger partial charge in [0.25, 0.3) is 0 Å². The van der Waals surface area contributed by atoms with E-state index < -0.39 is 0 Å². The van der Waals surface area contributed by atoms with Crippen molar-refractivity contribution in [1.29, 1.82) is 0 Å². The van der Waals surface area contributed by atoms with Gasteiger partial charge >= 0.3 is 0 Å². The summed E-state index contributed by atoms with van der Waals surface area (Å²) in [4.78, 5) is 4.07. The molecule has 2 nitrogen and oxygen atoms in total. The summed E-state index contributed by atoms with van der Waals surface area (Å²) >= 11 is 0. The summed E-state index contributed by atoms with van der Waals surface area (Å²) in [5.41, 5.74) is 1.18. The Bertz CT molecular complexity index is 273. The molecule has 0 radical (unpaired) electrons. The maximum absolute atomic E-state index is 5.07. The van der Waals surface area contributed by atoms with Crippen LogP contribution in [0.3, 0.4) is 0 Å². The van der Waals surface area contributed by atoms with E-state index >= 15 is 0 Å². The zero-order valence-corrected chi connectivity index (χ0v) is 6.46. The molecule has 0 spiro atoms. The van der Waals surface area contributed by atoms with Gasteiger partial charge < -0.3 is 5.32 Å². The lowest BCUT2D eigenvalue weighted by Gasteiger charge is -2.00. The summed E-state index contributed by atoms with van der Waals surface area (Å²) in [6.45, 7) is 2.54. The van der Waals surface area contributed by atoms with Crippen molar-refractivity contribution in [2.24, 2.45) is 0 Å². The number of pyridine rings is 1. The van der Waals surface area contributed by atoms with Crippen LogP contribution in [0.2, 0.25) is 0 Å². The van der Waals surface area contributed by atoms with Gasteiger partial charge in [0, 0.05) is 6.20 Å². The molecule has 0 atom stereocenters. The van der Waals surface area contributed by atoms with E-state index in [0.29, 0.717) is 6.54 Å². The van der Waals surface area contributed by atoms with Gasteiger partial charge in [-0.15, -0.1) is 6.42 Å². The van der Waals surface area contributed by atoms with Crippen LogP contribution in [0.4, 0.5) is 5.82 Å². The molecular formula is C9H10N2. The predicted molar refractivity (Wildman–Crippen MR) is 46.3 cm³/mol. The minimum atomic E-state index is 0.524. The van der Waals surface area contributed by atoms with Gasteiger partial charge in [-0.3, -0.25) is 0 Å². The Kier molecular flexibility index (Phi) is 2.51. The van der Waals surface area contributed by atoms with Gasteiger partial charge in [-0.25, -0.2) is 4.98 Å². The Morgan fingerprint density at radius 1 is 1.73 bits per heavy atom. The minimum Gasteiger partial charge on any atom is -0.359 e. The first-order valence-corrected chi connectivity index (χ1v) is 3.43. The van der Waals surface area contributed by atoms with Crippen molar-refractivity contribution >= 4 is 5.82 Å². The number of aromatic nitrogens is 1. The third kappa shape index (κ3) is 2.30. The monoisotopic (exact) mass is 146 g/mol. The minimum absolute atomic E-state index is 0.524. The fourth-order valence-corrected chi connectivity index (χ4v) is 0.774. The van der Waals surface area contributed by atoms with Crippen molar-refractivity contribution in [3.05, 3.63) is 23.9 Å². The number of terminal acetylenes is 1. The molecule has 1 aromatic rings. The lowest BCUT2D eigenvalue weighted by molar-refractivity contribution is 1.22. The molecule has 56 valence electrons. The van der Waals surface area contributed by atoms with Gasteiger partial charge in [-0.05, 0) is 24.6 Å². The molecule has 1 aromatic heterocycles. The Balaban J connectivity index is 2.65. The average molecular weight is 146 g/mol. The largest absolute Gasteiger partial charge is 0.359 e. The number of hydrogen-bond donors (Lipinski definition) is 1. The Morgan fingerprint density at radius 3 is 3.18 bits per heavy atom. The van der Waals surface area contributed by atoms with Crippen LogP contribution in [0.1, 0.15) is 5.56 Å². The molecule has 0 fully saturated rings. The maximum atomic E-state index is 5.07. The van der Waals surface area contributed by atoms with Crippen LogP contribution in [0, 0.1) is 19.3 Å². The summed E-state index contributed by atoms with van der Waals surface area (Å²) in [7, 11) is 0. The molecule has 0 aliphatic rings. The highest BCUT2D eigenvalue weighted by Gasteiger charge is 1.89. The third-order valence-electron chi connectivity index (χ3n) is 1.29. The SMILES string of the molecule is C#CCNc1cc(C)ccn1. The molecule has 0 amide bonds. The zero-order chi connectivity index (χ0) is 8.10. The van der Waals surface area contributed by atoms with Gasteiger partial charge in [0.2, 0.25) is 0 Å². The number of nitrogens with one attached hydrogen (secondary N) is 1. The summed E-state index contributed by atoms with van der Waals surface area (Å²) in [6, 6.07) is 3.90. The van der Waals surface area contributed by atoms with Crippen molar-refractivity contribution in [2.45, 2.75) is 6.92 Å². The highest BCUT2D eigenvalue weighted by atomic mass is 15.0. The quantitative estimate of drug-likeness (QED) is 0.638. The highest BCUT2D eigenvalue weighted by Crippen LogP contribution is 2.03. The molecule has 1 N–H and O–H groups in total. The van der Waals surface area contributed by atoms with E-state index in [-0.39, 0.29) is 0 Å². The van der Waals surface area contributed by atoms with Gasteiger partial charge in [0.05, 0.1) is 6.54 Å². The van der Waals surface area contributed by atoms with E-state index in [1.807, 2.05) is 19.1 Å². The first-order valence-electron chi connectivity index (χ1n) is 3.43.